The number of fused-ring (bicyclic) bond motifs is 1. The molecule has 0 bridgehead atoms. The SMILES string of the molecule is N[C@@H]1CCCc2cc(Cl)cc(O)c21. The van der Waals surface area contributed by atoms with Gasteiger partial charge in [0.05, 0.1) is 0 Å². The number of halogens is 1. The molecule has 3 heteroatoms. The van der Waals surface area contributed by atoms with Crippen LogP contribution in [0.5, 0.6) is 5.75 Å². The lowest BCUT2D eigenvalue weighted by Gasteiger charge is -2.23. The highest BCUT2D eigenvalue weighted by molar-refractivity contribution is 6.30. The lowest BCUT2D eigenvalue weighted by Crippen LogP contribution is -2.17. The molecule has 0 spiro atoms. The summed E-state index contributed by atoms with van der Waals surface area (Å²) in [6.45, 7) is 0. The maximum Gasteiger partial charge on any atom is 0.122 e. The summed E-state index contributed by atoms with van der Waals surface area (Å²) in [5.74, 6) is 0.245. The second-order valence-corrected chi connectivity index (χ2v) is 3.93. The van der Waals surface area contributed by atoms with E-state index in [1.165, 1.54) is 0 Å². The molecule has 0 saturated heterocycles. The van der Waals surface area contributed by atoms with Crippen molar-refractivity contribution in [2.45, 2.75) is 25.3 Å². The molecule has 1 aromatic rings. The molecule has 0 unspecified atom stereocenters. The van der Waals surface area contributed by atoms with Gasteiger partial charge in [-0.3, -0.25) is 0 Å². The Morgan fingerprint density at radius 1 is 1.46 bits per heavy atom. The fourth-order valence-corrected chi connectivity index (χ4v) is 2.19. The summed E-state index contributed by atoms with van der Waals surface area (Å²) in [5, 5.41) is 10.2. The number of rotatable bonds is 0. The summed E-state index contributed by atoms with van der Waals surface area (Å²) in [4.78, 5) is 0. The van der Waals surface area contributed by atoms with Crippen LogP contribution in [0.2, 0.25) is 5.02 Å². The van der Waals surface area contributed by atoms with Gasteiger partial charge in [-0.05, 0) is 37.0 Å². The van der Waals surface area contributed by atoms with E-state index in [0.29, 0.717) is 5.02 Å². The third kappa shape index (κ3) is 1.52. The van der Waals surface area contributed by atoms with Crippen LogP contribution in [0.25, 0.3) is 0 Å². The summed E-state index contributed by atoms with van der Waals surface area (Å²) in [6.07, 6.45) is 2.99. The van der Waals surface area contributed by atoms with Gasteiger partial charge in [-0.15, -0.1) is 0 Å². The molecule has 0 aromatic heterocycles. The molecule has 0 saturated carbocycles. The van der Waals surface area contributed by atoms with Gasteiger partial charge in [0.2, 0.25) is 0 Å². The smallest absolute Gasteiger partial charge is 0.122 e. The van der Waals surface area contributed by atoms with E-state index < -0.39 is 0 Å². The predicted molar refractivity (Wildman–Crippen MR) is 53.0 cm³/mol. The third-order valence-electron chi connectivity index (χ3n) is 2.54. The van der Waals surface area contributed by atoms with Crippen molar-refractivity contribution in [3.63, 3.8) is 0 Å². The number of phenols is 1. The minimum absolute atomic E-state index is 0.0268. The molecule has 0 fully saturated rings. The highest BCUT2D eigenvalue weighted by Gasteiger charge is 2.20. The van der Waals surface area contributed by atoms with E-state index in [0.717, 1.165) is 30.4 Å². The van der Waals surface area contributed by atoms with Crippen LogP contribution in [0.15, 0.2) is 12.1 Å². The Morgan fingerprint density at radius 2 is 2.23 bits per heavy atom. The van der Waals surface area contributed by atoms with Gasteiger partial charge in [0.15, 0.2) is 0 Å². The second kappa shape index (κ2) is 3.20. The molecule has 70 valence electrons. The van der Waals surface area contributed by atoms with Gasteiger partial charge in [-0.1, -0.05) is 11.6 Å². The fourth-order valence-electron chi connectivity index (χ4n) is 1.95. The van der Waals surface area contributed by atoms with Crippen molar-refractivity contribution in [2.75, 3.05) is 0 Å². The van der Waals surface area contributed by atoms with Crippen LogP contribution in [0.1, 0.15) is 30.0 Å². The van der Waals surface area contributed by atoms with Crippen LogP contribution in [0.4, 0.5) is 0 Å². The first-order valence-electron chi connectivity index (χ1n) is 4.45. The van der Waals surface area contributed by atoms with Crippen LogP contribution in [-0.2, 0) is 6.42 Å². The maximum atomic E-state index is 9.64. The Balaban J connectivity index is 2.56. The van der Waals surface area contributed by atoms with E-state index in [1.807, 2.05) is 6.07 Å². The summed E-state index contributed by atoms with van der Waals surface area (Å²) in [6, 6.07) is 3.43. The average Bonchev–Trinajstić information content (AvgIpc) is 2.02. The van der Waals surface area contributed by atoms with Crippen LogP contribution < -0.4 is 5.73 Å². The lowest BCUT2D eigenvalue weighted by atomic mass is 9.87. The number of benzene rings is 1. The number of nitrogens with two attached hydrogens (primary N) is 1. The van der Waals surface area contributed by atoms with Crippen LogP contribution >= 0.6 is 11.6 Å². The van der Waals surface area contributed by atoms with Crippen LogP contribution in [0, 0.1) is 0 Å². The fraction of sp³-hybridized carbons (Fsp3) is 0.400. The Kier molecular flexibility index (Phi) is 2.18. The molecule has 1 atom stereocenters. The molecule has 0 amide bonds. The van der Waals surface area contributed by atoms with E-state index >= 15 is 0 Å². The molecule has 3 N–H and O–H groups in total. The minimum Gasteiger partial charge on any atom is -0.508 e. The molecule has 0 heterocycles. The molecule has 2 nitrogen and oxygen atoms in total. The zero-order valence-electron chi connectivity index (χ0n) is 7.26. The Bertz CT molecular complexity index is 338. The van der Waals surface area contributed by atoms with Gasteiger partial charge in [0.1, 0.15) is 5.75 Å². The number of aromatic hydroxyl groups is 1. The van der Waals surface area contributed by atoms with Crippen molar-refractivity contribution in [1.82, 2.24) is 0 Å². The van der Waals surface area contributed by atoms with Gasteiger partial charge in [-0.2, -0.15) is 0 Å². The first kappa shape index (κ1) is 8.85. The minimum atomic E-state index is -0.0268. The molecular formula is C10H12ClNO. The molecule has 1 aromatic carbocycles. The van der Waals surface area contributed by atoms with Gasteiger partial charge >= 0.3 is 0 Å². The molecule has 0 radical (unpaired) electrons. The highest BCUT2D eigenvalue weighted by Crippen LogP contribution is 2.36. The van der Waals surface area contributed by atoms with E-state index in [4.69, 9.17) is 17.3 Å². The molecule has 1 aliphatic rings. The van der Waals surface area contributed by atoms with Crippen molar-refractivity contribution in [3.05, 3.63) is 28.3 Å². The lowest BCUT2D eigenvalue weighted by molar-refractivity contribution is 0.448. The topological polar surface area (TPSA) is 46.2 Å². The quantitative estimate of drug-likeness (QED) is 0.671. The Labute approximate surface area is 82.3 Å². The Morgan fingerprint density at radius 3 is 3.00 bits per heavy atom. The van der Waals surface area contributed by atoms with Gasteiger partial charge in [-0.25, -0.2) is 0 Å². The largest absolute Gasteiger partial charge is 0.508 e. The molecule has 1 aliphatic carbocycles. The Hall–Kier alpha value is -0.730. The second-order valence-electron chi connectivity index (χ2n) is 3.50. The van der Waals surface area contributed by atoms with Gasteiger partial charge in [0.25, 0.3) is 0 Å². The van der Waals surface area contributed by atoms with E-state index in [2.05, 4.69) is 0 Å². The molecule has 0 aliphatic heterocycles. The van der Waals surface area contributed by atoms with Crippen LogP contribution in [0.3, 0.4) is 0 Å². The molecule has 2 rings (SSSR count). The maximum absolute atomic E-state index is 9.64. The van der Waals surface area contributed by atoms with E-state index in [9.17, 15) is 5.11 Å². The summed E-state index contributed by atoms with van der Waals surface area (Å²) in [7, 11) is 0. The molecule has 13 heavy (non-hydrogen) atoms. The van der Waals surface area contributed by atoms with Crippen LogP contribution in [-0.4, -0.2) is 5.11 Å². The number of phenolic OH excluding ortho intramolecular Hbond substituents is 1. The summed E-state index contributed by atoms with van der Waals surface area (Å²) < 4.78 is 0. The predicted octanol–water partition coefficient (Wildman–Crippen LogP) is 2.38. The summed E-state index contributed by atoms with van der Waals surface area (Å²) in [5.41, 5.74) is 7.88. The third-order valence-corrected chi connectivity index (χ3v) is 2.76. The number of aryl methyl sites for hydroxylation is 1. The van der Waals surface area contributed by atoms with Crippen molar-refractivity contribution >= 4 is 11.6 Å². The number of hydrogen-bond donors (Lipinski definition) is 2. The zero-order chi connectivity index (χ0) is 9.42. The number of hydrogen-bond acceptors (Lipinski definition) is 2. The van der Waals surface area contributed by atoms with Crippen molar-refractivity contribution in [1.29, 1.82) is 0 Å². The van der Waals surface area contributed by atoms with E-state index in [1.54, 1.807) is 6.07 Å². The van der Waals surface area contributed by atoms with Crippen molar-refractivity contribution in [2.24, 2.45) is 5.73 Å². The normalized spacial score (nSPS) is 21.2. The first-order valence-corrected chi connectivity index (χ1v) is 4.83. The zero-order valence-corrected chi connectivity index (χ0v) is 8.01. The highest BCUT2D eigenvalue weighted by atomic mass is 35.5. The first-order chi connectivity index (χ1) is 6.18. The molecular weight excluding hydrogens is 186 g/mol. The van der Waals surface area contributed by atoms with Crippen molar-refractivity contribution < 1.29 is 5.11 Å². The average molecular weight is 198 g/mol. The van der Waals surface area contributed by atoms with Crippen molar-refractivity contribution in [3.8, 4) is 5.75 Å². The van der Waals surface area contributed by atoms with E-state index in [-0.39, 0.29) is 11.8 Å². The monoisotopic (exact) mass is 197 g/mol. The summed E-state index contributed by atoms with van der Waals surface area (Å²) >= 11 is 5.83. The standard InChI is InChI=1S/C10H12ClNO/c11-7-4-6-2-1-3-8(12)10(6)9(13)5-7/h4-5,8,13H,1-3,12H2/t8-/m1/s1. The van der Waals surface area contributed by atoms with Gasteiger partial charge in [0, 0.05) is 16.6 Å². The van der Waals surface area contributed by atoms with Gasteiger partial charge < -0.3 is 10.8 Å².